The first kappa shape index (κ1) is 16.7. The van der Waals surface area contributed by atoms with Crippen LogP contribution in [0.2, 0.25) is 5.02 Å². The zero-order valence-corrected chi connectivity index (χ0v) is 13.6. The van der Waals surface area contributed by atoms with Crippen LogP contribution in [0.25, 0.3) is 11.3 Å². The molecule has 2 rings (SSSR count). The predicted molar refractivity (Wildman–Crippen MR) is 86.5 cm³/mol. The number of ether oxygens (including phenoxy) is 1. The summed E-state index contributed by atoms with van der Waals surface area (Å²) >= 11 is 6.87. The average Bonchev–Trinajstić information content (AvgIpc) is 2.83. The lowest BCUT2D eigenvalue weighted by atomic mass is 10.1. The average molecular weight is 343 g/mol. The van der Waals surface area contributed by atoms with Crippen LogP contribution in [0.3, 0.4) is 0 Å². The molecular weight excluding hydrogens is 327 g/mol. The Kier molecular flexibility index (Phi) is 5.74. The maximum Gasteiger partial charge on any atom is 0.311 e. The van der Waals surface area contributed by atoms with Crippen LogP contribution in [0.15, 0.2) is 18.2 Å². The molecule has 0 bridgehead atoms. The molecule has 0 saturated carbocycles. The zero-order chi connectivity index (χ0) is 16.1. The van der Waals surface area contributed by atoms with E-state index < -0.39 is 5.82 Å². The van der Waals surface area contributed by atoms with E-state index in [1.54, 1.807) is 6.07 Å². The molecule has 0 radical (unpaired) electrons. The number of hydrogen-bond donors (Lipinski definition) is 1. The summed E-state index contributed by atoms with van der Waals surface area (Å²) in [6.07, 6.45) is 1.85. The molecular formula is C15H16ClFN2O2S. The molecule has 0 atom stereocenters. The third-order valence-electron chi connectivity index (χ3n) is 2.97. The number of benzene rings is 1. The normalized spacial score (nSPS) is 10.7. The summed E-state index contributed by atoms with van der Waals surface area (Å²) in [5.74, 6) is -0.880. The van der Waals surface area contributed by atoms with Crippen LogP contribution >= 0.6 is 22.9 Å². The number of nitrogen functional groups attached to an aromatic ring is 1. The Bertz CT molecular complexity index is 676. The van der Waals surface area contributed by atoms with E-state index in [-0.39, 0.29) is 17.4 Å². The van der Waals surface area contributed by atoms with Crippen molar-refractivity contribution in [3.8, 4) is 11.3 Å². The highest BCUT2D eigenvalue weighted by atomic mass is 35.5. The molecule has 1 aromatic heterocycles. The van der Waals surface area contributed by atoms with E-state index in [0.29, 0.717) is 27.9 Å². The molecule has 2 N–H and O–H groups in total. The number of carbonyl (C=O) groups is 1. The van der Waals surface area contributed by atoms with Crippen LogP contribution in [0.4, 0.5) is 9.52 Å². The van der Waals surface area contributed by atoms with Crippen LogP contribution in [-0.4, -0.2) is 17.6 Å². The molecule has 0 spiro atoms. The molecule has 1 heterocycles. The van der Waals surface area contributed by atoms with Crippen LogP contribution in [0, 0.1) is 5.82 Å². The summed E-state index contributed by atoms with van der Waals surface area (Å²) in [6, 6.07) is 4.37. The second kappa shape index (κ2) is 7.56. The maximum atomic E-state index is 13.6. The van der Waals surface area contributed by atoms with Crippen LogP contribution in [0.1, 0.15) is 24.6 Å². The van der Waals surface area contributed by atoms with Gasteiger partial charge in [-0.1, -0.05) is 31.0 Å². The van der Waals surface area contributed by atoms with Gasteiger partial charge >= 0.3 is 5.97 Å². The molecule has 0 fully saturated rings. The second-order valence-electron chi connectivity index (χ2n) is 4.70. The number of anilines is 1. The summed E-state index contributed by atoms with van der Waals surface area (Å²) < 4.78 is 18.7. The monoisotopic (exact) mass is 342 g/mol. The number of aromatic nitrogens is 1. The van der Waals surface area contributed by atoms with Gasteiger partial charge in [0, 0.05) is 10.4 Å². The minimum atomic E-state index is -0.540. The van der Waals surface area contributed by atoms with Gasteiger partial charge < -0.3 is 10.5 Å². The number of unbranched alkanes of at least 4 members (excludes halogenated alkanes) is 1. The van der Waals surface area contributed by atoms with Gasteiger partial charge in [0.1, 0.15) is 5.82 Å². The summed E-state index contributed by atoms with van der Waals surface area (Å²) in [5.41, 5.74) is 6.74. The molecule has 0 amide bonds. The molecule has 0 aliphatic rings. The quantitative estimate of drug-likeness (QED) is 0.634. The minimum Gasteiger partial charge on any atom is -0.465 e. The SMILES string of the molecule is CCCCOC(=O)Cc1sc(N)nc1-c1ccc(Cl)c(F)c1. The third kappa shape index (κ3) is 4.18. The number of nitrogens with two attached hydrogens (primary N) is 1. The molecule has 22 heavy (non-hydrogen) atoms. The number of thiazole rings is 1. The van der Waals surface area contributed by atoms with E-state index in [1.807, 2.05) is 6.92 Å². The summed E-state index contributed by atoms with van der Waals surface area (Å²) in [4.78, 5) is 16.7. The first-order chi connectivity index (χ1) is 10.5. The topological polar surface area (TPSA) is 65.2 Å². The predicted octanol–water partition coefficient (Wildman–Crippen LogP) is 4.07. The molecule has 0 aliphatic heterocycles. The van der Waals surface area contributed by atoms with Gasteiger partial charge in [-0.05, 0) is 18.6 Å². The lowest BCUT2D eigenvalue weighted by Gasteiger charge is -2.05. The van der Waals surface area contributed by atoms with Crippen molar-refractivity contribution >= 4 is 34.0 Å². The van der Waals surface area contributed by atoms with Gasteiger partial charge in [0.25, 0.3) is 0 Å². The number of rotatable bonds is 6. The lowest BCUT2D eigenvalue weighted by molar-refractivity contribution is -0.142. The summed E-state index contributed by atoms with van der Waals surface area (Å²) in [5, 5.41) is 0.356. The molecule has 118 valence electrons. The summed E-state index contributed by atoms with van der Waals surface area (Å²) in [6.45, 7) is 2.42. The smallest absolute Gasteiger partial charge is 0.311 e. The van der Waals surface area contributed by atoms with Crippen molar-refractivity contribution in [2.75, 3.05) is 12.3 Å². The number of hydrogen-bond acceptors (Lipinski definition) is 5. The molecule has 4 nitrogen and oxygen atoms in total. The van der Waals surface area contributed by atoms with Crippen molar-refractivity contribution in [1.29, 1.82) is 0 Å². The van der Waals surface area contributed by atoms with Crippen molar-refractivity contribution < 1.29 is 13.9 Å². The Balaban J connectivity index is 2.19. The molecule has 2 aromatic rings. The van der Waals surface area contributed by atoms with E-state index in [4.69, 9.17) is 22.1 Å². The van der Waals surface area contributed by atoms with E-state index in [1.165, 1.54) is 23.5 Å². The standard InChI is InChI=1S/C15H16ClFN2O2S/c1-2-3-6-21-13(20)8-12-14(19-15(18)22-12)9-4-5-10(16)11(17)7-9/h4-5,7H,2-3,6,8H2,1H3,(H2,18,19). The first-order valence-electron chi connectivity index (χ1n) is 6.87. The fraction of sp³-hybridized carbons (Fsp3) is 0.333. The molecule has 1 aromatic carbocycles. The van der Waals surface area contributed by atoms with Crippen molar-refractivity contribution in [2.24, 2.45) is 0 Å². The zero-order valence-electron chi connectivity index (χ0n) is 12.1. The highest BCUT2D eigenvalue weighted by molar-refractivity contribution is 7.15. The van der Waals surface area contributed by atoms with Gasteiger partial charge in [-0.2, -0.15) is 0 Å². The Labute approximate surface area is 137 Å². The maximum absolute atomic E-state index is 13.6. The first-order valence-corrected chi connectivity index (χ1v) is 8.07. The van der Waals surface area contributed by atoms with Crippen molar-refractivity contribution in [2.45, 2.75) is 26.2 Å². The molecule has 7 heteroatoms. The third-order valence-corrected chi connectivity index (χ3v) is 4.16. The van der Waals surface area contributed by atoms with Gasteiger partial charge in [0.15, 0.2) is 5.13 Å². The van der Waals surface area contributed by atoms with Crippen LogP contribution in [0.5, 0.6) is 0 Å². The number of esters is 1. The largest absolute Gasteiger partial charge is 0.465 e. The Morgan fingerprint density at radius 3 is 2.95 bits per heavy atom. The second-order valence-corrected chi connectivity index (χ2v) is 6.23. The summed E-state index contributed by atoms with van der Waals surface area (Å²) in [7, 11) is 0. The molecule has 0 saturated heterocycles. The van der Waals surface area contributed by atoms with Crippen LogP contribution < -0.4 is 5.73 Å². The minimum absolute atomic E-state index is 0.0347. The van der Waals surface area contributed by atoms with Crippen molar-refractivity contribution in [3.63, 3.8) is 0 Å². The van der Waals surface area contributed by atoms with E-state index >= 15 is 0 Å². The molecule has 0 aliphatic carbocycles. The highest BCUT2D eigenvalue weighted by Crippen LogP contribution is 2.32. The van der Waals surface area contributed by atoms with E-state index in [2.05, 4.69) is 4.98 Å². The lowest BCUT2D eigenvalue weighted by Crippen LogP contribution is -2.08. The number of nitrogens with zero attached hydrogens (tertiary/aromatic N) is 1. The number of halogens is 2. The fourth-order valence-corrected chi connectivity index (χ4v) is 2.83. The fourth-order valence-electron chi connectivity index (χ4n) is 1.87. The van der Waals surface area contributed by atoms with Gasteiger partial charge in [-0.25, -0.2) is 9.37 Å². The van der Waals surface area contributed by atoms with Gasteiger partial charge in [-0.15, -0.1) is 11.3 Å². The van der Waals surface area contributed by atoms with E-state index in [9.17, 15) is 9.18 Å². The Morgan fingerprint density at radius 1 is 1.50 bits per heavy atom. The van der Waals surface area contributed by atoms with Crippen LogP contribution in [-0.2, 0) is 16.0 Å². The van der Waals surface area contributed by atoms with Crippen molar-refractivity contribution in [3.05, 3.63) is 33.9 Å². The Hall–Kier alpha value is -1.66. The number of carbonyl (C=O) groups excluding carboxylic acids is 1. The van der Waals surface area contributed by atoms with E-state index in [0.717, 1.165) is 12.8 Å². The van der Waals surface area contributed by atoms with Gasteiger partial charge in [0.05, 0.1) is 23.7 Å². The molecule has 0 unspecified atom stereocenters. The van der Waals surface area contributed by atoms with Crippen molar-refractivity contribution in [1.82, 2.24) is 4.98 Å². The highest BCUT2D eigenvalue weighted by Gasteiger charge is 2.17. The van der Waals surface area contributed by atoms with Gasteiger partial charge in [0.2, 0.25) is 0 Å². The Morgan fingerprint density at radius 2 is 2.27 bits per heavy atom. The van der Waals surface area contributed by atoms with Gasteiger partial charge in [-0.3, -0.25) is 4.79 Å².